The fraction of sp³-hybridized carbons (Fsp3) is 0.214. The molecule has 6 heteroatoms. The van der Waals surface area contributed by atoms with Crippen LogP contribution in [0, 0.1) is 13.8 Å². The first-order valence-electron chi connectivity index (χ1n) is 5.82. The van der Waals surface area contributed by atoms with E-state index < -0.39 is 17.7 Å². The van der Waals surface area contributed by atoms with Crippen molar-refractivity contribution in [2.24, 2.45) is 0 Å². The van der Waals surface area contributed by atoms with Gasteiger partial charge in [-0.3, -0.25) is 0 Å². The Labute approximate surface area is 113 Å². The van der Waals surface area contributed by atoms with Crippen molar-refractivity contribution in [1.29, 1.82) is 0 Å². The molecular weight excluding hydrogens is 271 g/mol. The van der Waals surface area contributed by atoms with Crippen molar-refractivity contribution in [3.8, 4) is 5.69 Å². The summed E-state index contributed by atoms with van der Waals surface area (Å²) in [7, 11) is 0. The van der Waals surface area contributed by atoms with E-state index in [1.807, 2.05) is 0 Å². The largest absolute Gasteiger partial charge is 0.477 e. The lowest BCUT2D eigenvalue weighted by Gasteiger charge is -2.16. The third-order valence-corrected chi connectivity index (χ3v) is 3.17. The molecule has 1 aromatic heterocycles. The first-order valence-corrected chi connectivity index (χ1v) is 5.82. The van der Waals surface area contributed by atoms with Crippen molar-refractivity contribution >= 4 is 5.97 Å². The van der Waals surface area contributed by atoms with Crippen LogP contribution < -0.4 is 0 Å². The number of aromatic nitrogens is 1. The molecule has 0 spiro atoms. The molecule has 0 atom stereocenters. The zero-order valence-electron chi connectivity index (χ0n) is 10.8. The minimum absolute atomic E-state index is 0.178. The van der Waals surface area contributed by atoms with Crippen LogP contribution in [0.25, 0.3) is 5.69 Å². The number of para-hydroxylation sites is 1. The van der Waals surface area contributed by atoms with E-state index in [2.05, 4.69) is 0 Å². The van der Waals surface area contributed by atoms with Crippen LogP contribution >= 0.6 is 0 Å². The van der Waals surface area contributed by atoms with Crippen LogP contribution in [-0.4, -0.2) is 15.6 Å². The summed E-state index contributed by atoms with van der Waals surface area (Å²) in [6, 6.07) is 6.30. The molecule has 0 bridgehead atoms. The van der Waals surface area contributed by atoms with Gasteiger partial charge in [0.05, 0.1) is 11.3 Å². The molecule has 1 heterocycles. The molecule has 0 saturated heterocycles. The number of aryl methyl sites for hydroxylation is 1. The highest BCUT2D eigenvalue weighted by Crippen LogP contribution is 2.35. The van der Waals surface area contributed by atoms with E-state index in [-0.39, 0.29) is 11.4 Å². The Balaban J connectivity index is 2.79. The quantitative estimate of drug-likeness (QED) is 0.910. The number of nitrogens with zero attached hydrogens (tertiary/aromatic N) is 1. The Kier molecular flexibility index (Phi) is 3.33. The van der Waals surface area contributed by atoms with E-state index in [0.717, 1.165) is 10.6 Å². The minimum Gasteiger partial charge on any atom is -0.477 e. The minimum atomic E-state index is -4.54. The van der Waals surface area contributed by atoms with Gasteiger partial charge >= 0.3 is 12.1 Å². The van der Waals surface area contributed by atoms with Crippen LogP contribution in [0.15, 0.2) is 30.3 Å². The van der Waals surface area contributed by atoms with Gasteiger partial charge in [0.25, 0.3) is 0 Å². The Hall–Kier alpha value is -2.24. The van der Waals surface area contributed by atoms with Gasteiger partial charge in [-0.2, -0.15) is 13.2 Å². The van der Waals surface area contributed by atoms with Crippen molar-refractivity contribution in [2.45, 2.75) is 20.0 Å². The molecule has 2 rings (SSSR count). The maximum Gasteiger partial charge on any atom is 0.418 e. The molecule has 3 nitrogen and oxygen atoms in total. The first kappa shape index (κ1) is 14.2. The monoisotopic (exact) mass is 283 g/mol. The van der Waals surface area contributed by atoms with E-state index in [0.29, 0.717) is 11.3 Å². The molecule has 0 aliphatic heterocycles. The topological polar surface area (TPSA) is 42.2 Å². The van der Waals surface area contributed by atoms with E-state index in [4.69, 9.17) is 5.11 Å². The lowest BCUT2D eigenvalue weighted by atomic mass is 10.1. The van der Waals surface area contributed by atoms with Gasteiger partial charge < -0.3 is 9.67 Å². The normalized spacial score (nSPS) is 11.7. The van der Waals surface area contributed by atoms with Crippen molar-refractivity contribution in [3.05, 3.63) is 52.8 Å². The van der Waals surface area contributed by atoms with Crippen LogP contribution in [0.4, 0.5) is 13.2 Å². The van der Waals surface area contributed by atoms with Gasteiger partial charge in [0.1, 0.15) is 5.69 Å². The number of carbonyl (C=O) groups is 1. The molecule has 106 valence electrons. The highest BCUT2D eigenvalue weighted by molar-refractivity contribution is 5.87. The maximum absolute atomic E-state index is 13.0. The van der Waals surface area contributed by atoms with E-state index in [1.54, 1.807) is 13.8 Å². The molecule has 0 aliphatic rings. The lowest BCUT2D eigenvalue weighted by molar-refractivity contribution is -0.137. The van der Waals surface area contributed by atoms with Gasteiger partial charge in [-0.1, -0.05) is 12.1 Å². The Morgan fingerprint density at radius 2 is 1.80 bits per heavy atom. The second-order valence-corrected chi connectivity index (χ2v) is 4.45. The maximum atomic E-state index is 13.0. The third-order valence-electron chi connectivity index (χ3n) is 3.17. The smallest absolute Gasteiger partial charge is 0.418 e. The van der Waals surface area contributed by atoms with Gasteiger partial charge in [0, 0.05) is 5.69 Å². The number of carboxylic acids is 1. The second kappa shape index (κ2) is 4.70. The summed E-state index contributed by atoms with van der Waals surface area (Å²) in [5.41, 5.74) is -0.126. The SMILES string of the molecule is Cc1cc(C(=O)O)n(-c2ccccc2C(F)(F)F)c1C. The van der Waals surface area contributed by atoms with Gasteiger partial charge in [-0.25, -0.2) is 4.79 Å². The van der Waals surface area contributed by atoms with Crippen LogP contribution in [0.3, 0.4) is 0 Å². The van der Waals surface area contributed by atoms with Crippen molar-refractivity contribution in [2.75, 3.05) is 0 Å². The standard InChI is InChI=1S/C14H12F3NO2/c1-8-7-12(13(19)20)18(9(8)2)11-6-4-3-5-10(11)14(15,16)17/h3-7H,1-2H3,(H,19,20). The average molecular weight is 283 g/mol. The van der Waals surface area contributed by atoms with Crippen LogP contribution in [0.1, 0.15) is 27.3 Å². The van der Waals surface area contributed by atoms with Crippen LogP contribution in [0.5, 0.6) is 0 Å². The summed E-state index contributed by atoms with van der Waals surface area (Å²) >= 11 is 0. The number of alkyl halides is 3. The highest BCUT2D eigenvalue weighted by atomic mass is 19.4. The van der Waals surface area contributed by atoms with Crippen molar-refractivity contribution in [3.63, 3.8) is 0 Å². The van der Waals surface area contributed by atoms with Crippen molar-refractivity contribution in [1.82, 2.24) is 4.57 Å². The predicted molar refractivity (Wildman–Crippen MR) is 67.2 cm³/mol. The van der Waals surface area contributed by atoms with Gasteiger partial charge in [0.15, 0.2) is 0 Å². The van der Waals surface area contributed by atoms with Crippen LogP contribution in [-0.2, 0) is 6.18 Å². The molecule has 0 saturated carbocycles. The molecule has 1 aromatic carbocycles. The Morgan fingerprint density at radius 3 is 2.35 bits per heavy atom. The summed E-state index contributed by atoms with van der Waals surface area (Å²) in [5, 5.41) is 9.16. The van der Waals surface area contributed by atoms with E-state index >= 15 is 0 Å². The summed E-state index contributed by atoms with van der Waals surface area (Å²) in [6.07, 6.45) is -4.54. The molecule has 0 aliphatic carbocycles. The number of hydrogen-bond donors (Lipinski definition) is 1. The summed E-state index contributed by atoms with van der Waals surface area (Å²) < 4.78 is 40.3. The number of rotatable bonds is 2. The number of carboxylic acid groups (broad SMARTS) is 1. The average Bonchev–Trinajstić information content (AvgIpc) is 2.65. The molecule has 0 unspecified atom stereocenters. The number of hydrogen-bond acceptors (Lipinski definition) is 1. The number of aromatic carboxylic acids is 1. The van der Waals surface area contributed by atoms with E-state index in [1.165, 1.54) is 24.3 Å². The fourth-order valence-electron chi connectivity index (χ4n) is 2.11. The molecule has 0 radical (unpaired) electrons. The summed E-state index contributed by atoms with van der Waals surface area (Å²) in [6.45, 7) is 3.25. The molecule has 0 fully saturated rings. The molecule has 0 amide bonds. The number of benzene rings is 1. The van der Waals surface area contributed by atoms with Gasteiger partial charge in [-0.15, -0.1) is 0 Å². The summed E-state index contributed by atoms with van der Waals surface area (Å²) in [4.78, 5) is 11.2. The molecular formula is C14H12F3NO2. The Bertz CT molecular complexity index is 672. The zero-order chi connectivity index (χ0) is 15.1. The molecule has 20 heavy (non-hydrogen) atoms. The molecule has 2 aromatic rings. The first-order chi connectivity index (χ1) is 9.23. The van der Waals surface area contributed by atoms with E-state index in [9.17, 15) is 18.0 Å². The van der Waals surface area contributed by atoms with Crippen molar-refractivity contribution < 1.29 is 23.1 Å². The second-order valence-electron chi connectivity index (χ2n) is 4.45. The fourth-order valence-corrected chi connectivity index (χ4v) is 2.11. The number of halogens is 3. The van der Waals surface area contributed by atoms with Gasteiger partial charge in [-0.05, 0) is 37.6 Å². The van der Waals surface area contributed by atoms with Crippen LogP contribution in [0.2, 0.25) is 0 Å². The summed E-state index contributed by atoms with van der Waals surface area (Å²) in [5.74, 6) is -1.27. The highest BCUT2D eigenvalue weighted by Gasteiger charge is 2.34. The predicted octanol–water partition coefficient (Wildman–Crippen LogP) is 3.81. The zero-order valence-corrected chi connectivity index (χ0v) is 10.8. The molecule has 1 N–H and O–H groups in total. The lowest BCUT2D eigenvalue weighted by Crippen LogP contribution is -2.14. The Morgan fingerprint density at radius 1 is 1.20 bits per heavy atom. The van der Waals surface area contributed by atoms with Gasteiger partial charge in [0.2, 0.25) is 0 Å². The third kappa shape index (κ3) is 2.29.